The van der Waals surface area contributed by atoms with Crippen LogP contribution in [0.25, 0.3) is 0 Å². The molecular weight excluding hydrogens is 278 g/mol. The normalized spacial score (nSPS) is 29.4. The van der Waals surface area contributed by atoms with Crippen LogP contribution in [0.3, 0.4) is 0 Å². The van der Waals surface area contributed by atoms with Crippen molar-refractivity contribution in [3.8, 4) is 0 Å². The Morgan fingerprint density at radius 1 is 1.14 bits per heavy atom. The highest BCUT2D eigenvalue weighted by atomic mass is 16.2. The number of carbonyl (C=O) groups is 2. The number of nitrogens with one attached hydrogen (secondary N) is 2. The smallest absolute Gasteiger partial charge is 0.234 e. The minimum Gasteiger partial charge on any atom is -0.366 e. The van der Waals surface area contributed by atoms with Gasteiger partial charge in [-0.15, -0.1) is 0 Å². The first-order valence-corrected chi connectivity index (χ1v) is 7.98. The standard InChI is InChI=1S/C17H23N3O2/c1-11-10-20(12(2)9-18-11)14-5-3-13(4-6-14)15-7-8-16(21)19-17(15)22/h3-6,11-12,15,18H,7-10H2,1-2H3,(H,19,21,22)/t11-,12+,15?/m0/s1. The van der Waals surface area contributed by atoms with Crippen LogP contribution in [0.5, 0.6) is 0 Å². The third-order valence-corrected chi connectivity index (χ3v) is 4.63. The van der Waals surface area contributed by atoms with Gasteiger partial charge < -0.3 is 10.2 Å². The van der Waals surface area contributed by atoms with Gasteiger partial charge in [0.2, 0.25) is 11.8 Å². The zero-order valence-electron chi connectivity index (χ0n) is 13.1. The monoisotopic (exact) mass is 301 g/mol. The van der Waals surface area contributed by atoms with Crippen molar-refractivity contribution in [2.45, 2.75) is 44.7 Å². The third kappa shape index (κ3) is 2.99. The maximum absolute atomic E-state index is 11.9. The second-order valence-electron chi connectivity index (χ2n) is 6.41. The van der Waals surface area contributed by atoms with E-state index in [1.165, 1.54) is 5.69 Å². The number of amides is 2. The lowest BCUT2D eigenvalue weighted by Crippen LogP contribution is -2.54. The van der Waals surface area contributed by atoms with E-state index in [9.17, 15) is 9.59 Å². The van der Waals surface area contributed by atoms with Crippen LogP contribution in [0, 0.1) is 0 Å². The van der Waals surface area contributed by atoms with Crippen molar-refractivity contribution in [3.05, 3.63) is 29.8 Å². The van der Waals surface area contributed by atoms with Gasteiger partial charge in [-0.1, -0.05) is 12.1 Å². The Morgan fingerprint density at radius 3 is 2.55 bits per heavy atom. The second kappa shape index (κ2) is 6.08. The first-order valence-electron chi connectivity index (χ1n) is 7.98. The summed E-state index contributed by atoms with van der Waals surface area (Å²) in [5.41, 5.74) is 2.18. The van der Waals surface area contributed by atoms with E-state index >= 15 is 0 Å². The number of hydrogen-bond acceptors (Lipinski definition) is 4. The van der Waals surface area contributed by atoms with E-state index in [4.69, 9.17) is 0 Å². The molecule has 5 nitrogen and oxygen atoms in total. The van der Waals surface area contributed by atoms with Crippen molar-refractivity contribution < 1.29 is 9.59 Å². The SMILES string of the molecule is C[C@@H]1CN[C@@H](C)CN1c1ccc(C2CCC(=O)NC2=O)cc1. The lowest BCUT2D eigenvalue weighted by molar-refractivity contribution is -0.134. The summed E-state index contributed by atoms with van der Waals surface area (Å²) in [7, 11) is 0. The molecule has 0 saturated carbocycles. The summed E-state index contributed by atoms with van der Waals surface area (Å²) in [5.74, 6) is -0.541. The third-order valence-electron chi connectivity index (χ3n) is 4.63. The Balaban J connectivity index is 1.75. The molecule has 22 heavy (non-hydrogen) atoms. The maximum atomic E-state index is 11.9. The molecule has 2 heterocycles. The molecule has 0 radical (unpaired) electrons. The lowest BCUT2D eigenvalue weighted by atomic mass is 9.90. The summed E-state index contributed by atoms with van der Waals surface area (Å²) in [6, 6.07) is 9.16. The minimum atomic E-state index is -0.203. The first-order chi connectivity index (χ1) is 10.5. The van der Waals surface area contributed by atoms with Gasteiger partial charge in [0.15, 0.2) is 0 Å². The number of rotatable bonds is 2. The van der Waals surface area contributed by atoms with E-state index in [0.29, 0.717) is 24.9 Å². The van der Waals surface area contributed by atoms with Crippen LogP contribution in [-0.4, -0.2) is 37.0 Å². The lowest BCUT2D eigenvalue weighted by Gasteiger charge is -2.39. The van der Waals surface area contributed by atoms with E-state index in [1.54, 1.807) is 0 Å². The average molecular weight is 301 g/mol. The van der Waals surface area contributed by atoms with Crippen molar-refractivity contribution in [2.24, 2.45) is 0 Å². The molecule has 2 aliphatic heterocycles. The molecule has 3 rings (SSSR count). The molecule has 2 fully saturated rings. The molecule has 5 heteroatoms. The number of piperidine rings is 1. The number of imide groups is 1. The molecular formula is C17H23N3O2. The molecule has 0 bridgehead atoms. The summed E-state index contributed by atoms with van der Waals surface area (Å²) in [5, 5.41) is 5.90. The van der Waals surface area contributed by atoms with Gasteiger partial charge in [0, 0.05) is 37.3 Å². The van der Waals surface area contributed by atoms with E-state index in [0.717, 1.165) is 18.7 Å². The maximum Gasteiger partial charge on any atom is 0.234 e. The van der Waals surface area contributed by atoms with Crippen LogP contribution in [0.1, 0.15) is 38.2 Å². The van der Waals surface area contributed by atoms with Gasteiger partial charge in [-0.2, -0.15) is 0 Å². The van der Waals surface area contributed by atoms with E-state index in [-0.39, 0.29) is 17.7 Å². The minimum absolute atomic E-state index is 0.165. The van der Waals surface area contributed by atoms with Crippen molar-refractivity contribution in [2.75, 3.05) is 18.0 Å². The fourth-order valence-corrected chi connectivity index (χ4v) is 3.29. The highest BCUT2D eigenvalue weighted by Gasteiger charge is 2.28. The number of carbonyl (C=O) groups excluding carboxylic acids is 2. The first kappa shape index (κ1) is 15.0. The number of anilines is 1. The number of nitrogens with zero attached hydrogens (tertiary/aromatic N) is 1. The van der Waals surface area contributed by atoms with Crippen LogP contribution in [0.4, 0.5) is 5.69 Å². The molecule has 2 saturated heterocycles. The molecule has 3 atom stereocenters. The van der Waals surface area contributed by atoms with Gasteiger partial charge in [-0.05, 0) is 38.0 Å². The highest BCUT2D eigenvalue weighted by molar-refractivity contribution is 6.00. The van der Waals surface area contributed by atoms with E-state index in [2.05, 4.69) is 41.5 Å². The quantitative estimate of drug-likeness (QED) is 0.811. The van der Waals surface area contributed by atoms with Crippen LogP contribution in [0.2, 0.25) is 0 Å². The van der Waals surface area contributed by atoms with E-state index in [1.807, 2.05) is 12.1 Å². The van der Waals surface area contributed by atoms with Crippen molar-refractivity contribution in [1.29, 1.82) is 0 Å². The van der Waals surface area contributed by atoms with Crippen molar-refractivity contribution >= 4 is 17.5 Å². The molecule has 2 amide bonds. The molecule has 2 aliphatic rings. The number of hydrogen-bond donors (Lipinski definition) is 2. The van der Waals surface area contributed by atoms with Gasteiger partial charge in [-0.25, -0.2) is 0 Å². The summed E-state index contributed by atoms with van der Waals surface area (Å²) in [6.07, 6.45) is 1.02. The highest BCUT2D eigenvalue weighted by Crippen LogP contribution is 2.27. The molecule has 0 spiro atoms. The fraction of sp³-hybridized carbons (Fsp3) is 0.529. The van der Waals surface area contributed by atoms with E-state index < -0.39 is 0 Å². The van der Waals surface area contributed by atoms with Crippen LogP contribution >= 0.6 is 0 Å². The Hall–Kier alpha value is -1.88. The summed E-state index contributed by atoms with van der Waals surface area (Å²) in [4.78, 5) is 25.6. The van der Waals surface area contributed by atoms with Gasteiger partial charge in [0.25, 0.3) is 0 Å². The Kier molecular flexibility index (Phi) is 4.16. The van der Waals surface area contributed by atoms with Gasteiger partial charge in [0.1, 0.15) is 0 Å². The molecule has 1 unspecified atom stereocenters. The molecule has 1 aromatic rings. The van der Waals surface area contributed by atoms with Gasteiger partial charge in [0.05, 0.1) is 5.92 Å². The number of piperazine rings is 1. The predicted molar refractivity (Wildman–Crippen MR) is 85.8 cm³/mol. The zero-order valence-corrected chi connectivity index (χ0v) is 13.1. The Morgan fingerprint density at radius 2 is 1.86 bits per heavy atom. The molecule has 2 N–H and O–H groups in total. The Labute approximate surface area is 131 Å². The zero-order chi connectivity index (χ0) is 15.7. The molecule has 0 aromatic heterocycles. The molecule has 1 aromatic carbocycles. The molecule has 118 valence electrons. The summed E-state index contributed by atoms with van der Waals surface area (Å²) >= 11 is 0. The van der Waals surface area contributed by atoms with Crippen molar-refractivity contribution in [1.82, 2.24) is 10.6 Å². The molecule has 0 aliphatic carbocycles. The second-order valence-corrected chi connectivity index (χ2v) is 6.41. The summed E-state index contributed by atoms with van der Waals surface area (Å²) < 4.78 is 0. The fourth-order valence-electron chi connectivity index (χ4n) is 3.29. The average Bonchev–Trinajstić information content (AvgIpc) is 2.50. The van der Waals surface area contributed by atoms with Gasteiger partial charge in [-0.3, -0.25) is 14.9 Å². The van der Waals surface area contributed by atoms with Crippen molar-refractivity contribution in [3.63, 3.8) is 0 Å². The van der Waals surface area contributed by atoms with Crippen LogP contribution in [-0.2, 0) is 9.59 Å². The topological polar surface area (TPSA) is 61.4 Å². The Bertz CT molecular complexity index is 570. The summed E-state index contributed by atoms with van der Waals surface area (Å²) in [6.45, 7) is 6.37. The van der Waals surface area contributed by atoms with Crippen LogP contribution < -0.4 is 15.5 Å². The number of benzene rings is 1. The largest absolute Gasteiger partial charge is 0.366 e. The van der Waals surface area contributed by atoms with Gasteiger partial charge >= 0.3 is 0 Å². The predicted octanol–water partition coefficient (Wildman–Crippen LogP) is 1.39. The van der Waals surface area contributed by atoms with Crippen LogP contribution in [0.15, 0.2) is 24.3 Å².